The van der Waals surface area contributed by atoms with Gasteiger partial charge in [-0.05, 0) is 51.3 Å². The molecule has 0 radical (unpaired) electrons. The highest BCUT2D eigenvalue weighted by atomic mass is 32.1. The molecule has 108 valence electrons. The van der Waals surface area contributed by atoms with Crippen molar-refractivity contribution in [3.63, 3.8) is 0 Å². The number of hydrogen-bond acceptors (Lipinski definition) is 4. The molecule has 0 bridgehead atoms. The molecule has 1 N–H and O–H groups in total. The lowest BCUT2D eigenvalue weighted by atomic mass is 9.98. The van der Waals surface area contributed by atoms with Crippen LogP contribution in [-0.2, 0) is 4.79 Å². The molecule has 0 spiro atoms. The van der Waals surface area contributed by atoms with E-state index in [2.05, 4.69) is 5.32 Å². The smallest absolute Gasteiger partial charge is 0.270 e. The molecular formula is C15H20N2O2S. The summed E-state index contributed by atoms with van der Waals surface area (Å²) < 4.78 is 0. The molecule has 1 unspecified atom stereocenters. The molecule has 2 heterocycles. The molecule has 0 aromatic carbocycles. The predicted octanol–water partition coefficient (Wildman–Crippen LogP) is 2.19. The number of piperidine rings is 1. The number of amides is 2. The minimum atomic E-state index is -0.0961. The van der Waals surface area contributed by atoms with E-state index in [1.165, 1.54) is 11.3 Å². The quantitative estimate of drug-likeness (QED) is 0.869. The second kappa shape index (κ2) is 5.66. The number of carbonyl (C=O) groups excluding carboxylic acids is 2. The number of imide groups is 1. The van der Waals surface area contributed by atoms with Gasteiger partial charge in [0.25, 0.3) is 5.91 Å². The van der Waals surface area contributed by atoms with Gasteiger partial charge in [-0.15, -0.1) is 11.3 Å². The van der Waals surface area contributed by atoms with Gasteiger partial charge in [0.05, 0.1) is 10.8 Å². The Morgan fingerprint density at radius 3 is 2.65 bits per heavy atom. The Morgan fingerprint density at radius 1 is 1.30 bits per heavy atom. The van der Waals surface area contributed by atoms with Gasteiger partial charge in [0, 0.05) is 17.5 Å². The first-order valence-electron chi connectivity index (χ1n) is 7.31. The van der Waals surface area contributed by atoms with Crippen LogP contribution in [0, 0.1) is 12.8 Å². The second-order valence-electron chi connectivity index (χ2n) is 5.70. The summed E-state index contributed by atoms with van der Waals surface area (Å²) in [6, 6.07) is 3.92. The zero-order chi connectivity index (χ0) is 14.1. The average Bonchev–Trinajstić information content (AvgIpc) is 3.20. The van der Waals surface area contributed by atoms with Crippen molar-refractivity contribution in [2.24, 2.45) is 5.92 Å². The van der Waals surface area contributed by atoms with Crippen LogP contribution in [0.4, 0.5) is 0 Å². The molecular weight excluding hydrogens is 272 g/mol. The van der Waals surface area contributed by atoms with E-state index in [4.69, 9.17) is 0 Å². The number of carbonyl (C=O) groups is 2. The van der Waals surface area contributed by atoms with E-state index in [1.807, 2.05) is 19.1 Å². The summed E-state index contributed by atoms with van der Waals surface area (Å²) in [6.45, 7) is 3.67. The third kappa shape index (κ3) is 2.79. The number of nitrogens with one attached hydrogen (secondary N) is 1. The van der Waals surface area contributed by atoms with Crippen molar-refractivity contribution in [3.05, 3.63) is 21.9 Å². The Balaban J connectivity index is 1.78. The van der Waals surface area contributed by atoms with Gasteiger partial charge >= 0.3 is 0 Å². The van der Waals surface area contributed by atoms with Gasteiger partial charge in [-0.2, -0.15) is 0 Å². The van der Waals surface area contributed by atoms with Crippen LogP contribution in [0.15, 0.2) is 12.1 Å². The standard InChI is InChI=1S/C15H20N2O2S/c1-10-4-7-13(20-10)15(19)17(12-5-6-12)14(18)11-3-2-8-16-9-11/h4,7,11-12,16H,2-3,5-6,8-9H2,1H3. The molecule has 2 aliphatic rings. The van der Waals surface area contributed by atoms with Crippen molar-refractivity contribution in [1.82, 2.24) is 10.2 Å². The topological polar surface area (TPSA) is 49.4 Å². The Bertz CT molecular complexity index is 516. The van der Waals surface area contributed by atoms with Gasteiger partial charge in [-0.3, -0.25) is 14.5 Å². The van der Waals surface area contributed by atoms with Crippen LogP contribution >= 0.6 is 11.3 Å². The summed E-state index contributed by atoms with van der Waals surface area (Å²) in [5, 5.41) is 3.26. The minimum Gasteiger partial charge on any atom is -0.316 e. The van der Waals surface area contributed by atoms with E-state index in [1.54, 1.807) is 4.90 Å². The van der Waals surface area contributed by atoms with Crippen LogP contribution in [0.25, 0.3) is 0 Å². The summed E-state index contributed by atoms with van der Waals surface area (Å²) in [4.78, 5) is 28.6. The highest BCUT2D eigenvalue weighted by Gasteiger charge is 2.40. The first-order chi connectivity index (χ1) is 9.66. The molecule has 1 saturated heterocycles. The van der Waals surface area contributed by atoms with Crippen molar-refractivity contribution >= 4 is 23.2 Å². The maximum atomic E-state index is 12.7. The summed E-state index contributed by atoms with van der Waals surface area (Å²) in [5.74, 6) is -0.105. The van der Waals surface area contributed by atoms with Crippen LogP contribution in [0.3, 0.4) is 0 Å². The van der Waals surface area contributed by atoms with Gasteiger partial charge < -0.3 is 5.32 Å². The summed E-state index contributed by atoms with van der Waals surface area (Å²) in [6.07, 6.45) is 3.83. The van der Waals surface area contributed by atoms with Gasteiger partial charge in [0.15, 0.2) is 0 Å². The van der Waals surface area contributed by atoms with Crippen molar-refractivity contribution in [1.29, 1.82) is 0 Å². The van der Waals surface area contributed by atoms with Crippen molar-refractivity contribution in [2.45, 2.75) is 38.6 Å². The molecule has 1 aliphatic carbocycles. The van der Waals surface area contributed by atoms with Gasteiger partial charge in [0.2, 0.25) is 5.91 Å². The van der Waals surface area contributed by atoms with E-state index in [-0.39, 0.29) is 23.8 Å². The fourth-order valence-corrected chi connectivity index (χ4v) is 3.51. The van der Waals surface area contributed by atoms with E-state index in [0.717, 1.165) is 37.1 Å². The maximum Gasteiger partial charge on any atom is 0.270 e. The summed E-state index contributed by atoms with van der Waals surface area (Å²) in [5.41, 5.74) is 0. The number of rotatable bonds is 3. The Kier molecular flexibility index (Phi) is 3.89. The number of nitrogens with zero attached hydrogens (tertiary/aromatic N) is 1. The molecule has 1 saturated carbocycles. The predicted molar refractivity (Wildman–Crippen MR) is 78.8 cm³/mol. The highest BCUT2D eigenvalue weighted by Crippen LogP contribution is 2.32. The lowest BCUT2D eigenvalue weighted by molar-refractivity contribution is -0.133. The van der Waals surface area contributed by atoms with Crippen LogP contribution in [0.2, 0.25) is 0 Å². The van der Waals surface area contributed by atoms with Crippen LogP contribution in [0.1, 0.15) is 40.2 Å². The number of aryl methyl sites for hydroxylation is 1. The molecule has 5 heteroatoms. The summed E-state index contributed by atoms with van der Waals surface area (Å²) >= 11 is 1.47. The van der Waals surface area contributed by atoms with Crippen molar-refractivity contribution in [2.75, 3.05) is 13.1 Å². The fraction of sp³-hybridized carbons (Fsp3) is 0.600. The van der Waals surface area contributed by atoms with Crippen molar-refractivity contribution < 1.29 is 9.59 Å². The summed E-state index contributed by atoms with van der Waals surface area (Å²) in [7, 11) is 0. The minimum absolute atomic E-state index is 0.0238. The molecule has 3 rings (SSSR count). The van der Waals surface area contributed by atoms with Crippen LogP contribution in [-0.4, -0.2) is 35.8 Å². The lowest BCUT2D eigenvalue weighted by Crippen LogP contribution is -2.46. The molecule has 2 amide bonds. The molecule has 2 fully saturated rings. The maximum absolute atomic E-state index is 12.7. The molecule has 4 nitrogen and oxygen atoms in total. The Hall–Kier alpha value is -1.20. The van der Waals surface area contributed by atoms with E-state index in [9.17, 15) is 9.59 Å². The third-order valence-corrected chi connectivity index (χ3v) is 4.95. The monoisotopic (exact) mass is 292 g/mol. The average molecular weight is 292 g/mol. The third-order valence-electron chi connectivity index (χ3n) is 3.97. The number of thiophene rings is 1. The SMILES string of the molecule is Cc1ccc(C(=O)N(C(=O)C2CCCNC2)C2CC2)s1. The van der Waals surface area contributed by atoms with Crippen LogP contribution < -0.4 is 5.32 Å². The zero-order valence-electron chi connectivity index (χ0n) is 11.7. The Morgan fingerprint density at radius 2 is 2.10 bits per heavy atom. The Labute approximate surface area is 123 Å². The van der Waals surface area contributed by atoms with Crippen LogP contribution in [0.5, 0.6) is 0 Å². The first-order valence-corrected chi connectivity index (χ1v) is 8.13. The molecule has 20 heavy (non-hydrogen) atoms. The van der Waals surface area contributed by atoms with Gasteiger partial charge in [-0.25, -0.2) is 0 Å². The van der Waals surface area contributed by atoms with Gasteiger partial charge in [0.1, 0.15) is 0 Å². The van der Waals surface area contributed by atoms with Gasteiger partial charge in [-0.1, -0.05) is 0 Å². The molecule has 1 atom stereocenters. The molecule has 1 aromatic rings. The number of hydrogen-bond donors (Lipinski definition) is 1. The second-order valence-corrected chi connectivity index (χ2v) is 6.99. The van der Waals surface area contributed by atoms with E-state index >= 15 is 0 Å². The highest BCUT2D eigenvalue weighted by molar-refractivity contribution is 7.14. The fourth-order valence-electron chi connectivity index (χ4n) is 2.71. The van der Waals surface area contributed by atoms with E-state index < -0.39 is 0 Å². The lowest BCUT2D eigenvalue weighted by Gasteiger charge is -2.28. The van der Waals surface area contributed by atoms with E-state index in [0.29, 0.717) is 11.4 Å². The molecule has 1 aliphatic heterocycles. The molecule has 1 aromatic heterocycles. The largest absolute Gasteiger partial charge is 0.316 e. The first kappa shape index (κ1) is 13.8. The van der Waals surface area contributed by atoms with Crippen molar-refractivity contribution in [3.8, 4) is 0 Å². The zero-order valence-corrected chi connectivity index (χ0v) is 12.5. The normalized spacial score (nSPS) is 22.6.